The molecule has 12 heteroatoms. The van der Waals surface area contributed by atoms with Gasteiger partial charge >= 0.3 is 11.9 Å². The summed E-state index contributed by atoms with van der Waals surface area (Å²) in [5.41, 5.74) is 0. The standard InChI is InChI=1S/C3H6N2O8S2/c6-2(12-4-14(8)9)1-3(7)13-5-15(10)11/h4-5H,1H2,(H,8,9)(H,10,11)/p-2. The van der Waals surface area contributed by atoms with Gasteiger partial charge in [0, 0.05) is 0 Å². The summed E-state index contributed by atoms with van der Waals surface area (Å²) >= 11 is -5.64. The van der Waals surface area contributed by atoms with E-state index in [0.717, 1.165) is 0 Å². The van der Waals surface area contributed by atoms with Gasteiger partial charge in [0.05, 0.1) is 22.5 Å². The molecule has 0 aliphatic heterocycles. The Morgan fingerprint density at radius 3 is 1.60 bits per heavy atom. The zero-order chi connectivity index (χ0) is 11.8. The predicted molar refractivity (Wildman–Crippen MR) is 40.9 cm³/mol. The maximum absolute atomic E-state index is 10.6. The third-order valence-corrected chi connectivity index (χ3v) is 1.17. The Morgan fingerprint density at radius 2 is 1.33 bits per heavy atom. The Morgan fingerprint density at radius 1 is 1.00 bits per heavy atom. The lowest BCUT2D eigenvalue weighted by Gasteiger charge is -2.08. The lowest BCUT2D eigenvalue weighted by atomic mass is 10.5. The van der Waals surface area contributed by atoms with Crippen molar-refractivity contribution in [3.63, 3.8) is 0 Å². The van der Waals surface area contributed by atoms with Crippen molar-refractivity contribution in [1.82, 2.24) is 9.77 Å². The average molecular weight is 260 g/mol. The first-order valence-corrected chi connectivity index (χ1v) is 5.16. The molecule has 0 radical (unpaired) electrons. The molecule has 0 rings (SSSR count). The maximum atomic E-state index is 10.6. The van der Waals surface area contributed by atoms with E-state index < -0.39 is 40.9 Å². The summed E-state index contributed by atoms with van der Waals surface area (Å²) in [4.78, 5) is 31.2. The second kappa shape index (κ2) is 7.38. The Bertz CT molecular complexity index is 264. The van der Waals surface area contributed by atoms with Gasteiger partial charge in [0.1, 0.15) is 6.42 Å². The lowest BCUT2D eigenvalue weighted by Crippen LogP contribution is -2.27. The van der Waals surface area contributed by atoms with Crippen LogP contribution in [0.3, 0.4) is 0 Å². The smallest absolute Gasteiger partial charge is 0.337 e. The minimum Gasteiger partial charge on any atom is -0.758 e. The van der Waals surface area contributed by atoms with Crippen molar-refractivity contribution in [1.29, 1.82) is 0 Å². The molecule has 0 aromatic rings. The van der Waals surface area contributed by atoms with Gasteiger partial charge in [-0.2, -0.15) is 0 Å². The van der Waals surface area contributed by atoms with E-state index in [2.05, 4.69) is 9.68 Å². The molecule has 88 valence electrons. The molecule has 2 unspecified atom stereocenters. The molecule has 0 heterocycles. The summed E-state index contributed by atoms with van der Waals surface area (Å²) in [6.07, 6.45) is -0.964. The van der Waals surface area contributed by atoms with Gasteiger partial charge in [0.2, 0.25) is 0 Å². The zero-order valence-corrected chi connectivity index (χ0v) is 8.42. The number of carbonyl (C=O) groups excluding carboxylic acids is 2. The van der Waals surface area contributed by atoms with Crippen molar-refractivity contribution in [3.8, 4) is 0 Å². The molecule has 0 aromatic carbocycles. The highest BCUT2D eigenvalue weighted by Crippen LogP contribution is 1.87. The molecule has 2 N–H and O–H groups in total. The first kappa shape index (κ1) is 14.1. The molecule has 0 amide bonds. The minimum atomic E-state index is -2.82. The van der Waals surface area contributed by atoms with E-state index in [4.69, 9.17) is 0 Å². The monoisotopic (exact) mass is 260 g/mol. The third kappa shape index (κ3) is 9.39. The molecule has 0 aromatic heterocycles. The van der Waals surface area contributed by atoms with Crippen molar-refractivity contribution < 1.29 is 36.8 Å². The van der Waals surface area contributed by atoms with Crippen LogP contribution < -0.4 is 9.77 Å². The number of carbonyl (C=O) groups is 2. The van der Waals surface area contributed by atoms with Crippen LogP contribution in [0.25, 0.3) is 0 Å². The maximum Gasteiger partial charge on any atom is 0.337 e. The topological polar surface area (TPSA) is 157 Å². The molecule has 15 heavy (non-hydrogen) atoms. The SMILES string of the molecule is O=C(CC(=O)ONS(=O)[O-])ONS(=O)[O-]. The fourth-order valence-corrected chi connectivity index (χ4v) is 0.673. The lowest BCUT2D eigenvalue weighted by molar-refractivity contribution is -0.158. The van der Waals surface area contributed by atoms with Crippen LogP contribution in [0, 0.1) is 0 Å². The fourth-order valence-electron chi connectivity index (χ4n) is 0.351. The van der Waals surface area contributed by atoms with Gasteiger partial charge in [-0.05, 0) is 0 Å². The van der Waals surface area contributed by atoms with Crippen molar-refractivity contribution >= 4 is 34.5 Å². The van der Waals surface area contributed by atoms with E-state index >= 15 is 0 Å². The molecular formula is C3H4N2O8S2-2. The number of nitrogens with one attached hydrogen (secondary N) is 2. The van der Waals surface area contributed by atoms with Crippen molar-refractivity contribution in [3.05, 3.63) is 0 Å². The molecule has 0 saturated heterocycles. The van der Waals surface area contributed by atoms with Gasteiger partial charge in [0.15, 0.2) is 0 Å². The first-order chi connectivity index (χ1) is 6.91. The van der Waals surface area contributed by atoms with E-state index in [1.165, 1.54) is 9.77 Å². The summed E-state index contributed by atoms with van der Waals surface area (Å²) in [6, 6.07) is 0. The van der Waals surface area contributed by atoms with E-state index in [9.17, 15) is 27.1 Å². The van der Waals surface area contributed by atoms with Crippen LogP contribution in [0.2, 0.25) is 0 Å². The Balaban J connectivity index is 3.71. The van der Waals surface area contributed by atoms with Crippen LogP contribution in [0.1, 0.15) is 6.42 Å². The number of rotatable bonds is 6. The summed E-state index contributed by atoms with van der Waals surface area (Å²) in [5.74, 6) is -2.52. The second-order valence-corrected chi connectivity index (χ2v) is 3.03. The van der Waals surface area contributed by atoms with Crippen LogP contribution >= 0.6 is 0 Å². The molecule has 0 bridgehead atoms. The third-order valence-electron chi connectivity index (χ3n) is 0.736. The largest absolute Gasteiger partial charge is 0.758 e. The Hall–Kier alpha value is -0.920. The van der Waals surface area contributed by atoms with Crippen LogP contribution in [0.4, 0.5) is 0 Å². The minimum absolute atomic E-state index is 0.964. The van der Waals surface area contributed by atoms with E-state index in [-0.39, 0.29) is 0 Å². The number of hydrogen-bond donors (Lipinski definition) is 2. The summed E-state index contributed by atoms with van der Waals surface area (Å²) in [6.45, 7) is 0. The van der Waals surface area contributed by atoms with Gasteiger partial charge in [-0.3, -0.25) is 8.42 Å². The van der Waals surface area contributed by atoms with Gasteiger partial charge in [-0.25, -0.2) is 9.59 Å². The predicted octanol–water partition coefficient (Wildman–Crippen LogP) is -2.94. The average Bonchev–Trinajstić information content (AvgIpc) is 2.11. The number of hydrogen-bond acceptors (Lipinski definition) is 8. The van der Waals surface area contributed by atoms with Gasteiger partial charge in [-0.15, -0.1) is 0 Å². The van der Waals surface area contributed by atoms with Gasteiger partial charge in [-0.1, -0.05) is 9.77 Å². The van der Waals surface area contributed by atoms with Crippen LogP contribution in [-0.2, 0) is 41.8 Å². The van der Waals surface area contributed by atoms with Crippen LogP contribution in [-0.4, -0.2) is 29.5 Å². The second-order valence-electron chi connectivity index (χ2n) is 1.76. The van der Waals surface area contributed by atoms with E-state index in [0.29, 0.717) is 0 Å². The molecule has 0 fully saturated rings. The molecule has 10 nitrogen and oxygen atoms in total. The highest BCUT2D eigenvalue weighted by atomic mass is 32.2. The quantitative estimate of drug-likeness (QED) is 0.291. The van der Waals surface area contributed by atoms with E-state index in [1.807, 2.05) is 0 Å². The van der Waals surface area contributed by atoms with E-state index in [1.54, 1.807) is 0 Å². The van der Waals surface area contributed by atoms with Crippen LogP contribution in [0.5, 0.6) is 0 Å². The fraction of sp³-hybridized carbons (Fsp3) is 0.333. The van der Waals surface area contributed by atoms with Crippen molar-refractivity contribution in [2.75, 3.05) is 0 Å². The Kier molecular flexibility index (Phi) is 6.93. The molecule has 0 aliphatic carbocycles. The highest BCUT2D eigenvalue weighted by molar-refractivity contribution is 7.77. The first-order valence-electron chi connectivity index (χ1n) is 3.01. The van der Waals surface area contributed by atoms with Crippen molar-refractivity contribution in [2.45, 2.75) is 6.42 Å². The summed E-state index contributed by atoms with van der Waals surface area (Å²) < 4.78 is 39.2. The molecule has 0 saturated carbocycles. The summed E-state index contributed by atoms with van der Waals surface area (Å²) in [7, 11) is 0. The molecule has 0 spiro atoms. The highest BCUT2D eigenvalue weighted by Gasteiger charge is 2.12. The normalized spacial score (nSPS) is 14.0. The molecular weight excluding hydrogens is 256 g/mol. The Labute approximate surface area is 88.1 Å². The van der Waals surface area contributed by atoms with Gasteiger partial charge < -0.3 is 18.8 Å². The van der Waals surface area contributed by atoms with Crippen LogP contribution in [0.15, 0.2) is 0 Å². The molecule has 2 atom stereocenters. The van der Waals surface area contributed by atoms with Gasteiger partial charge in [0.25, 0.3) is 0 Å². The van der Waals surface area contributed by atoms with Crippen molar-refractivity contribution in [2.24, 2.45) is 0 Å². The molecule has 0 aliphatic rings. The zero-order valence-electron chi connectivity index (χ0n) is 6.79. The summed E-state index contributed by atoms with van der Waals surface area (Å²) in [5, 5.41) is 0.